The van der Waals surface area contributed by atoms with Gasteiger partial charge in [-0.2, -0.15) is 0 Å². The fraction of sp³-hybridized carbons (Fsp3) is 0.0714. The van der Waals surface area contributed by atoms with Crippen LogP contribution in [0.4, 0.5) is 10.1 Å². The second kappa shape index (κ2) is 6.17. The van der Waals surface area contributed by atoms with E-state index in [2.05, 4.69) is 21.2 Å². The van der Waals surface area contributed by atoms with Crippen LogP contribution in [0.2, 0.25) is 5.02 Å². The van der Waals surface area contributed by atoms with E-state index < -0.39 is 5.82 Å². The lowest BCUT2D eigenvalue weighted by Crippen LogP contribution is -2.15. The summed E-state index contributed by atoms with van der Waals surface area (Å²) in [6.45, 7) is 0. The summed E-state index contributed by atoms with van der Waals surface area (Å²) < 4.78 is 14.4. The maximum absolute atomic E-state index is 13.5. The predicted molar refractivity (Wildman–Crippen MR) is 77.9 cm³/mol. The van der Waals surface area contributed by atoms with Crippen LogP contribution in [-0.2, 0) is 11.2 Å². The van der Waals surface area contributed by atoms with Crippen molar-refractivity contribution in [1.29, 1.82) is 0 Å². The second-order valence-corrected chi connectivity index (χ2v) is 5.33. The maximum atomic E-state index is 13.5. The minimum atomic E-state index is -0.546. The standard InChI is InChI=1S/C14H10BrClFNO/c15-10-3-1-2-9(6-10)7-14(19)18-13-5-4-11(16)8-12(13)17/h1-6,8H,7H2,(H,18,19). The Hall–Kier alpha value is -1.39. The van der Waals surface area contributed by atoms with Gasteiger partial charge in [0, 0.05) is 9.50 Å². The zero-order valence-electron chi connectivity index (χ0n) is 9.79. The largest absolute Gasteiger partial charge is 0.323 e. The molecular formula is C14H10BrClFNO. The topological polar surface area (TPSA) is 29.1 Å². The average molecular weight is 343 g/mol. The Bertz CT molecular complexity index is 618. The van der Waals surface area contributed by atoms with Crippen LogP contribution in [0.3, 0.4) is 0 Å². The summed E-state index contributed by atoms with van der Waals surface area (Å²) in [5, 5.41) is 2.81. The zero-order valence-corrected chi connectivity index (χ0v) is 12.1. The lowest BCUT2D eigenvalue weighted by Gasteiger charge is -2.07. The number of rotatable bonds is 3. The first kappa shape index (κ1) is 14.0. The third-order valence-electron chi connectivity index (χ3n) is 2.46. The van der Waals surface area contributed by atoms with Crippen molar-refractivity contribution in [2.75, 3.05) is 5.32 Å². The molecule has 2 nitrogen and oxygen atoms in total. The molecule has 98 valence electrons. The van der Waals surface area contributed by atoms with E-state index in [-0.39, 0.29) is 18.0 Å². The van der Waals surface area contributed by atoms with E-state index in [0.717, 1.165) is 16.1 Å². The van der Waals surface area contributed by atoms with Crippen molar-refractivity contribution in [3.05, 3.63) is 63.3 Å². The number of hydrogen-bond donors (Lipinski definition) is 1. The summed E-state index contributed by atoms with van der Waals surface area (Å²) in [5.74, 6) is -0.825. The predicted octanol–water partition coefficient (Wildman–Crippen LogP) is 4.42. The zero-order chi connectivity index (χ0) is 13.8. The van der Waals surface area contributed by atoms with Gasteiger partial charge in [0.2, 0.25) is 5.91 Å². The number of amides is 1. The van der Waals surface area contributed by atoms with Crippen LogP contribution in [0.1, 0.15) is 5.56 Å². The third kappa shape index (κ3) is 4.04. The van der Waals surface area contributed by atoms with E-state index in [1.54, 1.807) is 0 Å². The van der Waals surface area contributed by atoms with Crippen molar-refractivity contribution in [3.63, 3.8) is 0 Å². The van der Waals surface area contributed by atoms with Crippen LogP contribution < -0.4 is 5.32 Å². The number of hydrogen-bond acceptors (Lipinski definition) is 1. The molecule has 5 heteroatoms. The number of benzene rings is 2. The van der Waals surface area contributed by atoms with E-state index in [9.17, 15) is 9.18 Å². The molecule has 2 aromatic rings. The van der Waals surface area contributed by atoms with Gasteiger partial charge in [0.25, 0.3) is 0 Å². The van der Waals surface area contributed by atoms with Crippen molar-refractivity contribution in [1.82, 2.24) is 0 Å². The van der Waals surface area contributed by atoms with E-state index in [1.165, 1.54) is 12.1 Å². The normalized spacial score (nSPS) is 10.3. The fourth-order valence-electron chi connectivity index (χ4n) is 1.62. The van der Waals surface area contributed by atoms with E-state index in [0.29, 0.717) is 5.02 Å². The minimum absolute atomic E-state index is 0.129. The summed E-state index contributed by atoms with van der Waals surface area (Å²) in [6.07, 6.45) is 0.182. The van der Waals surface area contributed by atoms with Crippen molar-refractivity contribution in [3.8, 4) is 0 Å². The Balaban J connectivity index is 2.05. The number of carbonyl (C=O) groups is 1. The molecule has 0 atom stereocenters. The molecule has 0 spiro atoms. The second-order valence-electron chi connectivity index (χ2n) is 3.98. The summed E-state index contributed by atoms with van der Waals surface area (Å²) in [6, 6.07) is 11.5. The van der Waals surface area contributed by atoms with Gasteiger partial charge in [-0.1, -0.05) is 39.7 Å². The summed E-state index contributed by atoms with van der Waals surface area (Å²) in [5.41, 5.74) is 0.977. The highest BCUT2D eigenvalue weighted by atomic mass is 79.9. The fourth-order valence-corrected chi connectivity index (χ4v) is 2.22. The average Bonchev–Trinajstić information content (AvgIpc) is 2.33. The number of nitrogens with one attached hydrogen (secondary N) is 1. The van der Waals surface area contributed by atoms with Gasteiger partial charge < -0.3 is 5.32 Å². The molecule has 0 unspecified atom stereocenters. The summed E-state index contributed by atoms with van der Waals surface area (Å²) in [7, 11) is 0. The van der Waals surface area contributed by atoms with Gasteiger partial charge in [-0.25, -0.2) is 4.39 Å². The Kier molecular flexibility index (Phi) is 4.56. The highest BCUT2D eigenvalue weighted by Gasteiger charge is 2.08. The number of anilines is 1. The van der Waals surface area contributed by atoms with Crippen LogP contribution in [0, 0.1) is 5.82 Å². The van der Waals surface area contributed by atoms with Gasteiger partial charge in [0.15, 0.2) is 0 Å². The van der Waals surface area contributed by atoms with Crippen molar-refractivity contribution >= 4 is 39.1 Å². The Labute approximate surface area is 123 Å². The van der Waals surface area contributed by atoms with Crippen molar-refractivity contribution in [2.45, 2.75) is 6.42 Å². The quantitative estimate of drug-likeness (QED) is 0.879. The highest BCUT2D eigenvalue weighted by Crippen LogP contribution is 2.19. The molecule has 2 aromatic carbocycles. The van der Waals surface area contributed by atoms with Crippen LogP contribution in [0.25, 0.3) is 0 Å². The highest BCUT2D eigenvalue weighted by molar-refractivity contribution is 9.10. The first-order chi connectivity index (χ1) is 9.04. The molecular weight excluding hydrogens is 333 g/mol. The lowest BCUT2D eigenvalue weighted by atomic mass is 10.1. The first-order valence-corrected chi connectivity index (χ1v) is 6.71. The van der Waals surface area contributed by atoms with Crippen LogP contribution >= 0.6 is 27.5 Å². The number of halogens is 3. The molecule has 1 amide bonds. The SMILES string of the molecule is O=C(Cc1cccc(Br)c1)Nc1ccc(Cl)cc1F. The van der Waals surface area contributed by atoms with E-state index in [4.69, 9.17) is 11.6 Å². The van der Waals surface area contributed by atoms with Crippen LogP contribution in [-0.4, -0.2) is 5.91 Å². The molecule has 0 saturated heterocycles. The minimum Gasteiger partial charge on any atom is -0.323 e. The van der Waals surface area contributed by atoms with Crippen LogP contribution in [0.15, 0.2) is 46.9 Å². The number of carbonyl (C=O) groups excluding carboxylic acids is 1. The van der Waals surface area contributed by atoms with Gasteiger partial charge in [-0.3, -0.25) is 4.79 Å². The molecule has 0 aromatic heterocycles. The third-order valence-corrected chi connectivity index (χ3v) is 3.19. The Morgan fingerprint density at radius 2 is 2.05 bits per heavy atom. The molecule has 0 fully saturated rings. The van der Waals surface area contributed by atoms with Gasteiger partial charge in [0.05, 0.1) is 12.1 Å². The lowest BCUT2D eigenvalue weighted by molar-refractivity contribution is -0.115. The molecule has 0 bridgehead atoms. The molecule has 0 saturated carbocycles. The molecule has 0 aliphatic rings. The van der Waals surface area contributed by atoms with Crippen LogP contribution in [0.5, 0.6) is 0 Å². The molecule has 19 heavy (non-hydrogen) atoms. The molecule has 0 aliphatic carbocycles. The van der Waals surface area contributed by atoms with Crippen molar-refractivity contribution < 1.29 is 9.18 Å². The van der Waals surface area contributed by atoms with E-state index in [1.807, 2.05) is 24.3 Å². The molecule has 0 aliphatic heterocycles. The van der Waals surface area contributed by atoms with Gasteiger partial charge in [-0.05, 0) is 35.9 Å². The van der Waals surface area contributed by atoms with Gasteiger partial charge in [0.1, 0.15) is 5.82 Å². The summed E-state index contributed by atoms with van der Waals surface area (Å²) >= 11 is 8.97. The summed E-state index contributed by atoms with van der Waals surface area (Å²) in [4.78, 5) is 11.8. The van der Waals surface area contributed by atoms with Crippen molar-refractivity contribution in [2.24, 2.45) is 0 Å². The Morgan fingerprint density at radius 3 is 2.74 bits per heavy atom. The smallest absolute Gasteiger partial charge is 0.228 e. The Morgan fingerprint density at radius 1 is 1.26 bits per heavy atom. The van der Waals surface area contributed by atoms with Gasteiger partial charge in [-0.15, -0.1) is 0 Å². The molecule has 0 radical (unpaired) electrons. The first-order valence-electron chi connectivity index (χ1n) is 5.54. The molecule has 2 rings (SSSR count). The maximum Gasteiger partial charge on any atom is 0.228 e. The van der Waals surface area contributed by atoms with E-state index >= 15 is 0 Å². The molecule has 0 heterocycles. The molecule has 1 N–H and O–H groups in total. The van der Waals surface area contributed by atoms with Gasteiger partial charge >= 0.3 is 0 Å². The monoisotopic (exact) mass is 341 g/mol.